The quantitative estimate of drug-likeness (QED) is 0.801. The molecular weight excluding hydrogens is 276 g/mol. The van der Waals surface area contributed by atoms with Crippen molar-refractivity contribution in [1.29, 1.82) is 0 Å². The molecule has 1 heterocycles. The molecule has 0 bridgehead atoms. The van der Waals surface area contributed by atoms with Gasteiger partial charge in [0, 0.05) is 22.5 Å². The van der Waals surface area contributed by atoms with Crippen molar-refractivity contribution in [3.8, 4) is 5.75 Å². The molecule has 0 fully saturated rings. The van der Waals surface area contributed by atoms with E-state index in [1.54, 1.807) is 19.5 Å². The monoisotopic (exact) mass is 292 g/mol. The number of ether oxygens (including phenoxy) is 1. The van der Waals surface area contributed by atoms with Crippen LogP contribution in [0.3, 0.4) is 0 Å². The molecule has 0 aliphatic rings. The van der Waals surface area contributed by atoms with Crippen LogP contribution in [-0.2, 0) is 11.2 Å². The Balaban J connectivity index is 1.82. The fraction of sp³-hybridized carbons (Fsp3) is 0.111. The minimum Gasteiger partial charge on any atom is -0.496 e. The number of fused-ring (bicyclic) bond motifs is 1. The normalized spacial score (nSPS) is 10.4. The SMILES string of the molecule is COc1ccccc1CC(=O)Nc1cncc2ccccc12. The number of benzene rings is 2. The summed E-state index contributed by atoms with van der Waals surface area (Å²) in [6.07, 6.45) is 3.71. The molecule has 4 nitrogen and oxygen atoms in total. The fourth-order valence-electron chi connectivity index (χ4n) is 2.43. The average Bonchev–Trinajstić information content (AvgIpc) is 2.55. The van der Waals surface area contributed by atoms with Crippen LogP contribution >= 0.6 is 0 Å². The topological polar surface area (TPSA) is 51.2 Å². The van der Waals surface area contributed by atoms with Crippen molar-refractivity contribution >= 4 is 22.4 Å². The fourth-order valence-corrected chi connectivity index (χ4v) is 2.43. The second-order valence-corrected chi connectivity index (χ2v) is 4.94. The van der Waals surface area contributed by atoms with E-state index in [1.165, 1.54) is 0 Å². The van der Waals surface area contributed by atoms with E-state index in [2.05, 4.69) is 10.3 Å². The van der Waals surface area contributed by atoms with Crippen LogP contribution < -0.4 is 10.1 Å². The summed E-state index contributed by atoms with van der Waals surface area (Å²) in [6.45, 7) is 0. The van der Waals surface area contributed by atoms with E-state index in [0.717, 1.165) is 22.0 Å². The van der Waals surface area contributed by atoms with Crippen LogP contribution in [0.15, 0.2) is 60.9 Å². The average molecular weight is 292 g/mol. The number of nitrogens with one attached hydrogen (secondary N) is 1. The maximum atomic E-state index is 12.3. The lowest BCUT2D eigenvalue weighted by molar-refractivity contribution is -0.115. The summed E-state index contributed by atoms with van der Waals surface area (Å²) < 4.78 is 5.27. The van der Waals surface area contributed by atoms with Gasteiger partial charge < -0.3 is 10.1 Å². The zero-order valence-corrected chi connectivity index (χ0v) is 12.2. The number of hydrogen-bond donors (Lipinski definition) is 1. The van der Waals surface area contributed by atoms with Gasteiger partial charge in [-0.25, -0.2) is 0 Å². The van der Waals surface area contributed by atoms with Gasteiger partial charge in [0.1, 0.15) is 5.75 Å². The first kappa shape index (κ1) is 14.1. The summed E-state index contributed by atoms with van der Waals surface area (Å²) in [6, 6.07) is 15.3. The number of carbonyl (C=O) groups is 1. The van der Waals surface area contributed by atoms with Crippen molar-refractivity contribution in [2.45, 2.75) is 6.42 Å². The lowest BCUT2D eigenvalue weighted by atomic mass is 10.1. The Morgan fingerprint density at radius 3 is 2.73 bits per heavy atom. The number of nitrogens with zero attached hydrogens (tertiary/aromatic N) is 1. The Morgan fingerprint density at radius 2 is 1.86 bits per heavy atom. The van der Waals surface area contributed by atoms with Gasteiger partial charge in [-0.3, -0.25) is 9.78 Å². The van der Waals surface area contributed by atoms with Gasteiger partial charge in [-0.2, -0.15) is 0 Å². The number of anilines is 1. The van der Waals surface area contributed by atoms with E-state index in [9.17, 15) is 4.79 Å². The molecule has 0 spiro atoms. The van der Waals surface area contributed by atoms with Crippen molar-refractivity contribution in [2.24, 2.45) is 0 Å². The number of amides is 1. The van der Waals surface area contributed by atoms with Crippen LogP contribution in [0.25, 0.3) is 10.8 Å². The number of aromatic nitrogens is 1. The number of pyridine rings is 1. The molecule has 22 heavy (non-hydrogen) atoms. The van der Waals surface area contributed by atoms with Crippen LogP contribution in [0.2, 0.25) is 0 Å². The van der Waals surface area contributed by atoms with Crippen molar-refractivity contribution in [3.63, 3.8) is 0 Å². The van der Waals surface area contributed by atoms with Gasteiger partial charge in [0.15, 0.2) is 0 Å². The predicted molar refractivity (Wildman–Crippen MR) is 87.1 cm³/mol. The molecule has 2 aromatic carbocycles. The first-order valence-electron chi connectivity index (χ1n) is 7.02. The van der Waals surface area contributed by atoms with E-state index in [0.29, 0.717) is 5.75 Å². The number of hydrogen-bond acceptors (Lipinski definition) is 3. The second-order valence-electron chi connectivity index (χ2n) is 4.94. The van der Waals surface area contributed by atoms with Crippen molar-refractivity contribution in [2.75, 3.05) is 12.4 Å². The largest absolute Gasteiger partial charge is 0.496 e. The van der Waals surface area contributed by atoms with E-state index in [-0.39, 0.29) is 12.3 Å². The lowest BCUT2D eigenvalue weighted by Crippen LogP contribution is -2.15. The molecule has 0 aliphatic carbocycles. The Kier molecular flexibility index (Phi) is 4.01. The molecule has 4 heteroatoms. The van der Waals surface area contributed by atoms with Gasteiger partial charge in [-0.1, -0.05) is 42.5 Å². The van der Waals surface area contributed by atoms with Crippen LogP contribution in [0, 0.1) is 0 Å². The molecule has 3 rings (SSSR count). The third-order valence-corrected chi connectivity index (χ3v) is 3.49. The zero-order valence-electron chi connectivity index (χ0n) is 12.2. The number of rotatable bonds is 4. The molecule has 1 aromatic heterocycles. The minimum atomic E-state index is -0.0948. The molecule has 3 aromatic rings. The zero-order chi connectivity index (χ0) is 15.4. The smallest absolute Gasteiger partial charge is 0.228 e. The van der Waals surface area contributed by atoms with Crippen molar-refractivity contribution < 1.29 is 9.53 Å². The van der Waals surface area contributed by atoms with Crippen molar-refractivity contribution in [3.05, 3.63) is 66.5 Å². The third-order valence-electron chi connectivity index (χ3n) is 3.49. The van der Waals surface area contributed by atoms with Gasteiger partial charge >= 0.3 is 0 Å². The summed E-state index contributed by atoms with van der Waals surface area (Å²) in [5.41, 5.74) is 1.58. The van der Waals surface area contributed by atoms with Gasteiger partial charge in [-0.05, 0) is 6.07 Å². The van der Waals surface area contributed by atoms with Crippen LogP contribution in [0.5, 0.6) is 5.75 Å². The summed E-state index contributed by atoms with van der Waals surface area (Å²) >= 11 is 0. The molecule has 110 valence electrons. The van der Waals surface area contributed by atoms with Gasteiger partial charge in [0.25, 0.3) is 0 Å². The third kappa shape index (κ3) is 2.91. The predicted octanol–water partition coefficient (Wildman–Crippen LogP) is 3.42. The molecule has 0 saturated carbocycles. The number of carbonyl (C=O) groups excluding carboxylic acids is 1. The van der Waals surface area contributed by atoms with Gasteiger partial charge in [0.05, 0.1) is 25.4 Å². The standard InChI is InChI=1S/C18H16N2O2/c1-22-17-9-5-3-6-13(17)10-18(21)20-16-12-19-11-14-7-2-4-8-15(14)16/h2-9,11-12H,10H2,1H3,(H,20,21). The van der Waals surface area contributed by atoms with Gasteiger partial charge in [0.2, 0.25) is 5.91 Å². The minimum absolute atomic E-state index is 0.0948. The van der Waals surface area contributed by atoms with E-state index in [1.807, 2.05) is 48.5 Å². The van der Waals surface area contributed by atoms with E-state index >= 15 is 0 Å². The molecule has 1 N–H and O–H groups in total. The highest BCUT2D eigenvalue weighted by molar-refractivity contribution is 6.02. The van der Waals surface area contributed by atoms with Crippen LogP contribution in [0.1, 0.15) is 5.56 Å². The molecule has 0 unspecified atom stereocenters. The summed E-state index contributed by atoms with van der Waals surface area (Å²) in [5, 5.41) is 4.90. The second kappa shape index (κ2) is 6.26. The highest BCUT2D eigenvalue weighted by atomic mass is 16.5. The Morgan fingerprint density at radius 1 is 1.09 bits per heavy atom. The molecule has 1 amide bonds. The first-order valence-corrected chi connectivity index (χ1v) is 7.02. The van der Waals surface area contributed by atoms with Gasteiger partial charge in [-0.15, -0.1) is 0 Å². The number of methoxy groups -OCH3 is 1. The highest BCUT2D eigenvalue weighted by Gasteiger charge is 2.10. The lowest BCUT2D eigenvalue weighted by Gasteiger charge is -2.10. The maximum absolute atomic E-state index is 12.3. The summed E-state index contributed by atoms with van der Waals surface area (Å²) in [4.78, 5) is 16.5. The Hall–Kier alpha value is -2.88. The molecular formula is C18H16N2O2. The number of para-hydroxylation sites is 1. The molecule has 0 saturated heterocycles. The van der Waals surface area contributed by atoms with Crippen molar-refractivity contribution in [1.82, 2.24) is 4.98 Å². The summed E-state index contributed by atoms with van der Waals surface area (Å²) in [5.74, 6) is 0.622. The first-order chi connectivity index (χ1) is 10.8. The van der Waals surface area contributed by atoms with Crippen LogP contribution in [-0.4, -0.2) is 18.0 Å². The molecule has 0 atom stereocenters. The summed E-state index contributed by atoms with van der Waals surface area (Å²) in [7, 11) is 1.60. The maximum Gasteiger partial charge on any atom is 0.228 e. The Labute approximate surface area is 128 Å². The highest BCUT2D eigenvalue weighted by Crippen LogP contribution is 2.23. The van der Waals surface area contributed by atoms with Crippen LogP contribution in [0.4, 0.5) is 5.69 Å². The van der Waals surface area contributed by atoms with E-state index in [4.69, 9.17) is 4.74 Å². The molecule has 0 aliphatic heterocycles. The Bertz CT molecular complexity index is 810. The molecule has 0 radical (unpaired) electrons. The van der Waals surface area contributed by atoms with E-state index < -0.39 is 0 Å².